The maximum absolute atomic E-state index is 12.4. The normalized spacial score (nSPS) is 10.7. The zero-order valence-corrected chi connectivity index (χ0v) is 14.2. The third kappa shape index (κ3) is 3.72. The largest absolute Gasteiger partial charge is 0.454 e. The van der Waals surface area contributed by atoms with E-state index in [2.05, 4.69) is 10.3 Å². The molecule has 7 heteroatoms. The van der Waals surface area contributed by atoms with E-state index in [0.29, 0.717) is 17.2 Å². The molecule has 0 saturated carbocycles. The van der Waals surface area contributed by atoms with Crippen molar-refractivity contribution >= 4 is 11.6 Å². The van der Waals surface area contributed by atoms with Crippen molar-refractivity contribution in [3.05, 3.63) is 95.3 Å². The molecule has 0 aliphatic rings. The zero-order valence-electron chi connectivity index (χ0n) is 14.2. The number of nitrogens with one attached hydrogen (secondary N) is 1. The molecule has 0 atom stereocenters. The van der Waals surface area contributed by atoms with E-state index in [1.807, 2.05) is 12.1 Å². The average Bonchev–Trinajstić information content (AvgIpc) is 3.36. The van der Waals surface area contributed by atoms with Crippen LogP contribution in [0.5, 0.6) is 0 Å². The molecular weight excluding hydrogens is 346 g/mol. The number of carbonyl (C=O) groups is 1. The van der Waals surface area contributed by atoms with E-state index in [0.717, 1.165) is 5.56 Å². The molecule has 0 fully saturated rings. The Morgan fingerprint density at radius 1 is 1.07 bits per heavy atom. The Bertz CT molecular complexity index is 1110. The lowest BCUT2D eigenvalue weighted by Gasteiger charge is -2.04. The Morgan fingerprint density at radius 2 is 1.93 bits per heavy atom. The summed E-state index contributed by atoms with van der Waals surface area (Å²) in [6.07, 6.45) is 4.65. The summed E-state index contributed by atoms with van der Waals surface area (Å²) < 4.78 is 12.3. The Hall–Kier alpha value is -3.87. The quantitative estimate of drug-likeness (QED) is 0.588. The minimum absolute atomic E-state index is 0.133. The van der Waals surface area contributed by atoms with Crippen molar-refractivity contribution in [2.45, 2.75) is 6.54 Å². The standard InChI is InChI=1S/C20H15N3O4/c24-19-3-1-2-10-23(19)12-16-8-9-17(27-16)20(25)22-15-6-4-14(5-7-15)18-11-21-13-26-18/h1-11,13H,12H2,(H,22,25). The van der Waals surface area contributed by atoms with Crippen molar-refractivity contribution in [3.8, 4) is 11.3 Å². The number of hydrogen-bond acceptors (Lipinski definition) is 5. The van der Waals surface area contributed by atoms with Gasteiger partial charge in [0.05, 0.1) is 12.7 Å². The number of oxazole rings is 1. The van der Waals surface area contributed by atoms with Crippen LogP contribution in [0.3, 0.4) is 0 Å². The average molecular weight is 361 g/mol. The zero-order chi connectivity index (χ0) is 18.6. The number of benzene rings is 1. The Kier molecular flexibility index (Phi) is 4.40. The lowest BCUT2D eigenvalue weighted by molar-refractivity contribution is 0.0994. The van der Waals surface area contributed by atoms with Crippen LogP contribution in [0.25, 0.3) is 11.3 Å². The van der Waals surface area contributed by atoms with E-state index in [-0.39, 0.29) is 23.8 Å². The molecule has 27 heavy (non-hydrogen) atoms. The molecule has 7 nitrogen and oxygen atoms in total. The highest BCUT2D eigenvalue weighted by Gasteiger charge is 2.12. The molecule has 0 saturated heterocycles. The van der Waals surface area contributed by atoms with Gasteiger partial charge in [-0.05, 0) is 42.5 Å². The first-order valence-corrected chi connectivity index (χ1v) is 8.23. The van der Waals surface area contributed by atoms with Gasteiger partial charge in [0.1, 0.15) is 5.76 Å². The number of aromatic nitrogens is 2. The van der Waals surface area contributed by atoms with Crippen molar-refractivity contribution in [2.24, 2.45) is 0 Å². The van der Waals surface area contributed by atoms with Gasteiger partial charge in [0.25, 0.3) is 11.5 Å². The molecule has 0 spiro atoms. The molecule has 1 N–H and O–H groups in total. The minimum Gasteiger partial charge on any atom is -0.454 e. The fourth-order valence-electron chi connectivity index (χ4n) is 2.61. The molecule has 0 radical (unpaired) electrons. The summed E-state index contributed by atoms with van der Waals surface area (Å²) in [4.78, 5) is 28.0. The number of pyridine rings is 1. The lowest BCUT2D eigenvalue weighted by atomic mass is 10.1. The molecule has 134 valence electrons. The van der Waals surface area contributed by atoms with Crippen LogP contribution >= 0.6 is 0 Å². The topological polar surface area (TPSA) is 90.3 Å². The van der Waals surface area contributed by atoms with Crippen molar-refractivity contribution < 1.29 is 13.6 Å². The van der Waals surface area contributed by atoms with Gasteiger partial charge in [0.15, 0.2) is 17.9 Å². The second-order valence-corrected chi connectivity index (χ2v) is 5.83. The summed E-state index contributed by atoms with van der Waals surface area (Å²) in [6.45, 7) is 0.263. The van der Waals surface area contributed by atoms with Crippen LogP contribution < -0.4 is 10.9 Å². The van der Waals surface area contributed by atoms with Crippen molar-refractivity contribution in [1.29, 1.82) is 0 Å². The third-order valence-electron chi connectivity index (χ3n) is 3.97. The second kappa shape index (κ2) is 7.17. The predicted octanol–water partition coefficient (Wildman–Crippen LogP) is 3.40. The van der Waals surface area contributed by atoms with Crippen molar-refractivity contribution in [1.82, 2.24) is 9.55 Å². The summed E-state index contributed by atoms with van der Waals surface area (Å²) >= 11 is 0. The summed E-state index contributed by atoms with van der Waals surface area (Å²) in [5.74, 6) is 0.983. The van der Waals surface area contributed by atoms with Gasteiger partial charge >= 0.3 is 0 Å². The van der Waals surface area contributed by atoms with Gasteiger partial charge in [-0.15, -0.1) is 0 Å². The fraction of sp³-hybridized carbons (Fsp3) is 0.0500. The molecule has 1 aromatic carbocycles. The van der Waals surface area contributed by atoms with Crippen LogP contribution in [0.15, 0.2) is 87.0 Å². The van der Waals surface area contributed by atoms with Crippen LogP contribution in [0.4, 0.5) is 5.69 Å². The van der Waals surface area contributed by atoms with Crippen LogP contribution in [-0.4, -0.2) is 15.5 Å². The van der Waals surface area contributed by atoms with E-state index in [9.17, 15) is 9.59 Å². The van der Waals surface area contributed by atoms with Gasteiger partial charge in [-0.25, -0.2) is 4.98 Å². The number of hydrogen-bond donors (Lipinski definition) is 1. The number of anilines is 1. The molecule has 3 aromatic heterocycles. The highest BCUT2D eigenvalue weighted by Crippen LogP contribution is 2.21. The van der Waals surface area contributed by atoms with Crippen LogP contribution in [0.1, 0.15) is 16.3 Å². The molecule has 1 amide bonds. The summed E-state index contributed by atoms with van der Waals surface area (Å²) in [5.41, 5.74) is 1.35. The van der Waals surface area contributed by atoms with Crippen molar-refractivity contribution in [2.75, 3.05) is 5.32 Å². The van der Waals surface area contributed by atoms with Crippen LogP contribution in [-0.2, 0) is 6.54 Å². The number of rotatable bonds is 5. The van der Waals surface area contributed by atoms with Crippen molar-refractivity contribution in [3.63, 3.8) is 0 Å². The van der Waals surface area contributed by atoms with E-state index >= 15 is 0 Å². The summed E-state index contributed by atoms with van der Waals surface area (Å²) in [7, 11) is 0. The molecule has 0 aliphatic carbocycles. The monoisotopic (exact) mass is 361 g/mol. The molecular formula is C20H15N3O4. The smallest absolute Gasteiger partial charge is 0.291 e. The van der Waals surface area contributed by atoms with Gasteiger partial charge in [0, 0.05) is 23.5 Å². The first-order chi connectivity index (χ1) is 13.2. The maximum atomic E-state index is 12.4. The van der Waals surface area contributed by atoms with Gasteiger partial charge < -0.3 is 18.7 Å². The first kappa shape index (κ1) is 16.6. The fourth-order valence-corrected chi connectivity index (χ4v) is 2.61. The number of carbonyl (C=O) groups excluding carboxylic acids is 1. The molecule has 0 unspecified atom stereocenters. The molecule has 3 heterocycles. The van der Waals surface area contributed by atoms with Gasteiger partial charge in [-0.1, -0.05) is 6.07 Å². The summed E-state index contributed by atoms with van der Waals surface area (Å²) in [6, 6.07) is 15.4. The number of nitrogens with zero attached hydrogens (tertiary/aromatic N) is 2. The SMILES string of the molecule is O=C(Nc1ccc(-c2cnco2)cc1)c1ccc(Cn2ccccc2=O)o1. The highest BCUT2D eigenvalue weighted by molar-refractivity contribution is 6.02. The second-order valence-electron chi connectivity index (χ2n) is 5.83. The van der Waals surface area contributed by atoms with Gasteiger partial charge in [-0.3, -0.25) is 9.59 Å². The molecule has 0 aliphatic heterocycles. The van der Waals surface area contributed by atoms with Gasteiger partial charge in [-0.2, -0.15) is 0 Å². The van der Waals surface area contributed by atoms with E-state index in [1.54, 1.807) is 48.8 Å². The van der Waals surface area contributed by atoms with E-state index in [1.165, 1.54) is 17.0 Å². The number of amides is 1. The first-order valence-electron chi connectivity index (χ1n) is 8.23. The van der Waals surface area contributed by atoms with E-state index in [4.69, 9.17) is 8.83 Å². The Labute approximate surface area is 153 Å². The summed E-state index contributed by atoms with van der Waals surface area (Å²) in [5, 5.41) is 2.77. The van der Waals surface area contributed by atoms with Crippen LogP contribution in [0.2, 0.25) is 0 Å². The molecule has 4 aromatic rings. The molecule has 0 bridgehead atoms. The minimum atomic E-state index is -0.367. The number of furan rings is 1. The van der Waals surface area contributed by atoms with E-state index < -0.39 is 0 Å². The lowest BCUT2D eigenvalue weighted by Crippen LogP contribution is -2.18. The van der Waals surface area contributed by atoms with Crippen LogP contribution in [0, 0.1) is 0 Å². The molecule has 4 rings (SSSR count). The maximum Gasteiger partial charge on any atom is 0.291 e. The van der Waals surface area contributed by atoms with Gasteiger partial charge in [0.2, 0.25) is 0 Å². The Balaban J connectivity index is 1.44. The Morgan fingerprint density at radius 3 is 2.67 bits per heavy atom. The third-order valence-corrected chi connectivity index (χ3v) is 3.97. The predicted molar refractivity (Wildman–Crippen MR) is 98.4 cm³/mol. The highest BCUT2D eigenvalue weighted by atomic mass is 16.4.